The van der Waals surface area contributed by atoms with E-state index in [1.165, 1.54) is 0 Å². The van der Waals surface area contributed by atoms with Gasteiger partial charge in [0.15, 0.2) is 5.82 Å². The number of amides is 2. The Balaban J connectivity index is 1.44. The number of rotatable bonds is 2. The summed E-state index contributed by atoms with van der Waals surface area (Å²) in [7, 11) is 0. The Morgan fingerprint density at radius 3 is 2.32 bits per heavy atom. The Bertz CT molecular complexity index is 859. The van der Waals surface area contributed by atoms with Crippen LogP contribution in [0.1, 0.15) is 51.7 Å². The van der Waals surface area contributed by atoms with Gasteiger partial charge in [0.1, 0.15) is 5.60 Å². The molecule has 4 rings (SSSR count). The molecule has 2 fully saturated rings. The van der Waals surface area contributed by atoms with Gasteiger partial charge in [0.25, 0.3) is 0 Å². The largest absolute Gasteiger partial charge is 0.451 e. The lowest BCUT2D eigenvalue weighted by Crippen LogP contribution is -2.52. The highest BCUT2D eigenvalue weighted by molar-refractivity contribution is 5.80. The third-order valence-electron chi connectivity index (χ3n) is 6.17. The highest BCUT2D eigenvalue weighted by atomic mass is 19.4. The SMILES string of the molecule is CC(C)(C)OC(=O)N1CC[C@@H](C(=O)N2CCn3c(nnc3C(F)(F)F)C2)[C@@H](C2CC2)C1. The van der Waals surface area contributed by atoms with Crippen molar-refractivity contribution in [1.29, 1.82) is 0 Å². The average Bonchev–Trinajstić information content (AvgIpc) is 3.42. The van der Waals surface area contributed by atoms with Crippen LogP contribution < -0.4 is 0 Å². The first kappa shape index (κ1) is 21.9. The van der Waals surface area contributed by atoms with Crippen LogP contribution in [0.2, 0.25) is 0 Å². The van der Waals surface area contributed by atoms with Gasteiger partial charge in [0, 0.05) is 32.1 Å². The number of aromatic nitrogens is 3. The average molecular weight is 443 g/mol. The first-order valence-corrected chi connectivity index (χ1v) is 10.7. The molecule has 3 aliphatic rings. The predicted octanol–water partition coefficient (Wildman–Crippen LogP) is 2.92. The maximum Gasteiger partial charge on any atom is 0.451 e. The van der Waals surface area contributed by atoms with Gasteiger partial charge in [-0.1, -0.05) is 0 Å². The van der Waals surface area contributed by atoms with Gasteiger partial charge >= 0.3 is 12.3 Å². The molecule has 0 spiro atoms. The summed E-state index contributed by atoms with van der Waals surface area (Å²) < 4.78 is 45.7. The normalized spacial score (nSPS) is 24.7. The molecule has 1 saturated carbocycles. The molecule has 0 unspecified atom stereocenters. The molecule has 0 N–H and O–H groups in total. The van der Waals surface area contributed by atoms with Gasteiger partial charge in [-0.15, -0.1) is 10.2 Å². The zero-order chi connectivity index (χ0) is 22.6. The number of carbonyl (C=O) groups excluding carboxylic acids is 2. The number of hydrogen-bond donors (Lipinski definition) is 0. The topological polar surface area (TPSA) is 80.6 Å². The van der Waals surface area contributed by atoms with E-state index in [1.54, 1.807) is 9.80 Å². The lowest BCUT2D eigenvalue weighted by molar-refractivity contribution is -0.148. The lowest BCUT2D eigenvalue weighted by Gasteiger charge is -2.41. The molecular weight excluding hydrogens is 415 g/mol. The van der Waals surface area contributed by atoms with Crippen LogP contribution in [0.3, 0.4) is 0 Å². The highest BCUT2D eigenvalue weighted by Crippen LogP contribution is 2.44. The summed E-state index contributed by atoms with van der Waals surface area (Å²) in [6.07, 6.45) is -2.35. The summed E-state index contributed by atoms with van der Waals surface area (Å²) in [4.78, 5) is 29.1. The summed E-state index contributed by atoms with van der Waals surface area (Å²) in [5, 5.41) is 6.95. The van der Waals surface area contributed by atoms with Crippen molar-refractivity contribution in [1.82, 2.24) is 24.6 Å². The zero-order valence-corrected chi connectivity index (χ0v) is 18.0. The Labute approximate surface area is 178 Å². The van der Waals surface area contributed by atoms with E-state index >= 15 is 0 Å². The molecule has 2 atom stereocenters. The standard InChI is InChI=1S/C20H28F3N5O3/c1-19(2,3)31-18(30)27-7-6-13(14(10-27)12-4-5-12)16(29)26-8-9-28-15(11-26)24-25-17(28)20(21,22)23/h12-14H,4-11H2,1-3H3/t13-,14-/m1/s1. The number of ether oxygens (including phenoxy) is 1. The third kappa shape index (κ3) is 4.64. The molecule has 0 aromatic carbocycles. The van der Waals surface area contributed by atoms with E-state index in [4.69, 9.17) is 4.74 Å². The Morgan fingerprint density at radius 1 is 1.00 bits per heavy atom. The Hall–Kier alpha value is -2.33. The number of alkyl halides is 3. The van der Waals surface area contributed by atoms with Crippen molar-refractivity contribution in [3.63, 3.8) is 0 Å². The fraction of sp³-hybridized carbons (Fsp3) is 0.800. The van der Waals surface area contributed by atoms with Crippen LogP contribution in [0, 0.1) is 17.8 Å². The van der Waals surface area contributed by atoms with Gasteiger partial charge in [0.05, 0.1) is 6.54 Å². The van der Waals surface area contributed by atoms with Gasteiger partial charge in [0.2, 0.25) is 11.7 Å². The zero-order valence-electron chi connectivity index (χ0n) is 18.0. The van der Waals surface area contributed by atoms with Gasteiger partial charge in [-0.05, 0) is 51.9 Å². The third-order valence-corrected chi connectivity index (χ3v) is 6.17. The molecule has 3 heterocycles. The van der Waals surface area contributed by atoms with Crippen molar-refractivity contribution in [2.75, 3.05) is 19.6 Å². The second-order valence-electron chi connectivity index (χ2n) is 9.67. The van der Waals surface area contributed by atoms with E-state index in [-0.39, 0.29) is 49.3 Å². The Morgan fingerprint density at radius 2 is 1.71 bits per heavy atom. The van der Waals surface area contributed by atoms with E-state index in [2.05, 4.69) is 10.2 Å². The van der Waals surface area contributed by atoms with Crippen LogP contribution in [-0.2, 0) is 28.8 Å². The van der Waals surface area contributed by atoms with Crippen molar-refractivity contribution in [2.45, 2.75) is 64.9 Å². The smallest absolute Gasteiger partial charge is 0.444 e. The molecule has 1 aromatic rings. The lowest BCUT2D eigenvalue weighted by atomic mass is 9.81. The molecule has 1 aromatic heterocycles. The number of halogens is 3. The fourth-order valence-electron chi connectivity index (χ4n) is 4.57. The number of nitrogens with zero attached hydrogens (tertiary/aromatic N) is 5. The first-order chi connectivity index (χ1) is 14.4. The number of piperidine rings is 1. The molecule has 172 valence electrons. The maximum absolute atomic E-state index is 13.3. The van der Waals surface area contributed by atoms with Crippen LogP contribution in [0.25, 0.3) is 0 Å². The van der Waals surface area contributed by atoms with Crippen molar-refractivity contribution >= 4 is 12.0 Å². The van der Waals surface area contributed by atoms with Gasteiger partial charge in [-0.3, -0.25) is 4.79 Å². The molecule has 0 bridgehead atoms. The van der Waals surface area contributed by atoms with Gasteiger partial charge < -0.3 is 19.1 Å². The molecule has 2 amide bonds. The number of hydrogen-bond acceptors (Lipinski definition) is 5. The van der Waals surface area contributed by atoms with Crippen LogP contribution in [0.15, 0.2) is 0 Å². The first-order valence-electron chi connectivity index (χ1n) is 10.7. The van der Waals surface area contributed by atoms with E-state index in [0.29, 0.717) is 25.4 Å². The fourth-order valence-corrected chi connectivity index (χ4v) is 4.57. The van der Waals surface area contributed by atoms with Crippen molar-refractivity contribution < 1.29 is 27.5 Å². The molecule has 1 aliphatic carbocycles. The van der Waals surface area contributed by atoms with Crippen LogP contribution in [-0.4, -0.2) is 61.8 Å². The minimum atomic E-state index is -4.57. The maximum atomic E-state index is 13.3. The molecule has 1 saturated heterocycles. The summed E-state index contributed by atoms with van der Waals surface area (Å²) in [5.74, 6) is -0.743. The van der Waals surface area contributed by atoms with E-state index in [9.17, 15) is 22.8 Å². The number of likely N-dealkylation sites (tertiary alicyclic amines) is 1. The number of carbonyl (C=O) groups is 2. The van der Waals surface area contributed by atoms with Gasteiger partial charge in [-0.2, -0.15) is 13.2 Å². The molecule has 0 radical (unpaired) electrons. The van der Waals surface area contributed by atoms with Crippen molar-refractivity contribution in [3.05, 3.63) is 11.6 Å². The van der Waals surface area contributed by atoms with Crippen LogP contribution in [0.5, 0.6) is 0 Å². The second kappa shape index (κ2) is 7.67. The van der Waals surface area contributed by atoms with Crippen LogP contribution >= 0.6 is 0 Å². The molecule has 8 nitrogen and oxygen atoms in total. The minimum Gasteiger partial charge on any atom is -0.444 e. The molecule has 2 aliphatic heterocycles. The van der Waals surface area contributed by atoms with E-state index < -0.39 is 17.6 Å². The quantitative estimate of drug-likeness (QED) is 0.702. The summed E-state index contributed by atoms with van der Waals surface area (Å²) in [5.41, 5.74) is -0.585. The predicted molar refractivity (Wildman–Crippen MR) is 103 cm³/mol. The number of fused-ring (bicyclic) bond motifs is 1. The summed E-state index contributed by atoms with van der Waals surface area (Å²) in [6.45, 7) is 6.58. The molecular formula is C20H28F3N5O3. The van der Waals surface area contributed by atoms with Crippen LogP contribution in [0.4, 0.5) is 18.0 Å². The van der Waals surface area contributed by atoms with Crippen molar-refractivity contribution in [2.24, 2.45) is 17.8 Å². The van der Waals surface area contributed by atoms with E-state index in [0.717, 1.165) is 17.4 Å². The van der Waals surface area contributed by atoms with Gasteiger partial charge in [-0.25, -0.2) is 4.79 Å². The van der Waals surface area contributed by atoms with E-state index in [1.807, 2.05) is 20.8 Å². The monoisotopic (exact) mass is 443 g/mol. The summed E-state index contributed by atoms with van der Waals surface area (Å²) in [6, 6.07) is 0. The minimum absolute atomic E-state index is 0.0194. The Kier molecular flexibility index (Phi) is 5.41. The van der Waals surface area contributed by atoms with Crippen molar-refractivity contribution in [3.8, 4) is 0 Å². The highest BCUT2D eigenvalue weighted by Gasteiger charge is 2.46. The molecule has 31 heavy (non-hydrogen) atoms. The summed E-state index contributed by atoms with van der Waals surface area (Å²) >= 11 is 0. The molecule has 11 heteroatoms. The second-order valence-corrected chi connectivity index (χ2v) is 9.67.